The standard InChI is InChI=1S/C16H28N2O2/c1-5-12(18-15(19)20-16(2,3)4)10-17-14-9-11-7-6-8-13(11)14/h6,8,11-14,17H,5,7,9-10H2,1-4H3,(H,18,19). The molecule has 1 fully saturated rings. The van der Waals surface area contributed by atoms with Crippen molar-refractivity contribution in [2.24, 2.45) is 11.8 Å². The topological polar surface area (TPSA) is 50.4 Å². The maximum absolute atomic E-state index is 11.8. The van der Waals surface area contributed by atoms with Crippen LogP contribution in [0, 0.1) is 11.8 Å². The van der Waals surface area contributed by atoms with Gasteiger partial charge in [0, 0.05) is 18.6 Å². The molecule has 2 N–H and O–H groups in total. The molecule has 0 heterocycles. The normalized spacial score (nSPS) is 29.5. The lowest BCUT2D eigenvalue weighted by molar-refractivity contribution is 0.0498. The van der Waals surface area contributed by atoms with Gasteiger partial charge in [0.15, 0.2) is 0 Å². The molecule has 0 aromatic rings. The molecule has 4 unspecified atom stereocenters. The number of fused-ring (bicyclic) bond motifs is 1. The van der Waals surface area contributed by atoms with E-state index in [4.69, 9.17) is 4.74 Å². The maximum Gasteiger partial charge on any atom is 0.407 e. The summed E-state index contributed by atoms with van der Waals surface area (Å²) in [6, 6.07) is 0.725. The summed E-state index contributed by atoms with van der Waals surface area (Å²) in [6.45, 7) is 8.55. The van der Waals surface area contributed by atoms with Gasteiger partial charge in [-0.15, -0.1) is 0 Å². The Labute approximate surface area is 122 Å². The van der Waals surface area contributed by atoms with Crippen LogP contribution in [0.3, 0.4) is 0 Å². The number of rotatable bonds is 5. The number of hydrogen-bond acceptors (Lipinski definition) is 3. The van der Waals surface area contributed by atoms with Crippen LogP contribution in [0.2, 0.25) is 0 Å². The van der Waals surface area contributed by atoms with Gasteiger partial charge in [-0.3, -0.25) is 0 Å². The van der Waals surface area contributed by atoms with Crippen molar-refractivity contribution in [3.63, 3.8) is 0 Å². The zero-order valence-electron chi connectivity index (χ0n) is 13.1. The highest BCUT2D eigenvalue weighted by Crippen LogP contribution is 2.42. The van der Waals surface area contributed by atoms with E-state index >= 15 is 0 Å². The van der Waals surface area contributed by atoms with Crippen molar-refractivity contribution in [2.45, 2.75) is 64.6 Å². The fourth-order valence-electron chi connectivity index (χ4n) is 3.01. The molecule has 0 spiro atoms. The van der Waals surface area contributed by atoms with Crippen LogP contribution in [0.25, 0.3) is 0 Å². The second-order valence-electron chi connectivity index (χ2n) is 7.00. The van der Waals surface area contributed by atoms with E-state index < -0.39 is 5.60 Å². The molecule has 2 aliphatic rings. The van der Waals surface area contributed by atoms with E-state index in [-0.39, 0.29) is 12.1 Å². The molecular formula is C16H28N2O2. The van der Waals surface area contributed by atoms with Crippen molar-refractivity contribution in [1.29, 1.82) is 0 Å². The minimum Gasteiger partial charge on any atom is -0.444 e. The van der Waals surface area contributed by atoms with E-state index in [2.05, 4.69) is 29.7 Å². The highest BCUT2D eigenvalue weighted by molar-refractivity contribution is 5.68. The molecule has 114 valence electrons. The molecule has 20 heavy (non-hydrogen) atoms. The Hall–Kier alpha value is -1.03. The van der Waals surface area contributed by atoms with Crippen LogP contribution < -0.4 is 10.6 Å². The fraction of sp³-hybridized carbons (Fsp3) is 0.812. The highest BCUT2D eigenvalue weighted by Gasteiger charge is 2.40. The third-order valence-electron chi connectivity index (χ3n) is 4.20. The Kier molecular flexibility index (Phi) is 4.74. The number of ether oxygens (including phenoxy) is 1. The van der Waals surface area contributed by atoms with Crippen LogP contribution >= 0.6 is 0 Å². The summed E-state index contributed by atoms with van der Waals surface area (Å²) in [5.74, 6) is 1.58. The average molecular weight is 280 g/mol. The number of hydrogen-bond donors (Lipinski definition) is 2. The molecule has 4 atom stereocenters. The lowest BCUT2D eigenvalue weighted by atomic mass is 9.71. The van der Waals surface area contributed by atoms with E-state index in [9.17, 15) is 4.79 Å². The first-order valence-electron chi connectivity index (χ1n) is 7.78. The first-order valence-corrected chi connectivity index (χ1v) is 7.78. The molecule has 4 nitrogen and oxygen atoms in total. The molecule has 2 aliphatic carbocycles. The maximum atomic E-state index is 11.8. The van der Waals surface area contributed by atoms with Gasteiger partial charge in [0.2, 0.25) is 0 Å². The highest BCUT2D eigenvalue weighted by atomic mass is 16.6. The predicted octanol–water partition coefficient (Wildman–Crippen LogP) is 2.84. The molecule has 0 aromatic carbocycles. The molecule has 4 heteroatoms. The van der Waals surface area contributed by atoms with Crippen molar-refractivity contribution in [1.82, 2.24) is 10.6 Å². The largest absolute Gasteiger partial charge is 0.444 e. The Balaban J connectivity index is 1.70. The van der Waals surface area contributed by atoms with Gasteiger partial charge >= 0.3 is 6.09 Å². The van der Waals surface area contributed by atoms with Gasteiger partial charge in [-0.05, 0) is 51.9 Å². The van der Waals surface area contributed by atoms with E-state index in [1.807, 2.05) is 20.8 Å². The first-order chi connectivity index (χ1) is 9.39. The van der Waals surface area contributed by atoms with Crippen molar-refractivity contribution in [3.05, 3.63) is 12.2 Å². The Morgan fingerprint density at radius 2 is 2.20 bits per heavy atom. The van der Waals surface area contributed by atoms with Crippen molar-refractivity contribution >= 4 is 6.09 Å². The molecule has 0 saturated heterocycles. The number of carbonyl (C=O) groups excluding carboxylic acids is 1. The van der Waals surface area contributed by atoms with Gasteiger partial charge in [-0.25, -0.2) is 4.79 Å². The van der Waals surface area contributed by atoms with Crippen LogP contribution in [-0.2, 0) is 4.74 Å². The first kappa shape index (κ1) is 15.4. The summed E-state index contributed by atoms with van der Waals surface area (Å²) >= 11 is 0. The molecular weight excluding hydrogens is 252 g/mol. The summed E-state index contributed by atoms with van der Waals surface area (Å²) in [4.78, 5) is 11.8. The van der Waals surface area contributed by atoms with Gasteiger partial charge in [0.1, 0.15) is 5.60 Å². The van der Waals surface area contributed by atoms with Crippen LogP contribution in [0.5, 0.6) is 0 Å². The molecule has 0 radical (unpaired) electrons. The number of carbonyl (C=O) groups is 1. The van der Waals surface area contributed by atoms with Crippen molar-refractivity contribution < 1.29 is 9.53 Å². The summed E-state index contributed by atoms with van der Waals surface area (Å²) in [7, 11) is 0. The number of amides is 1. The van der Waals surface area contributed by atoms with Crippen molar-refractivity contribution in [2.75, 3.05) is 6.54 Å². The van der Waals surface area contributed by atoms with Gasteiger partial charge in [-0.1, -0.05) is 19.1 Å². The fourth-order valence-corrected chi connectivity index (χ4v) is 3.01. The van der Waals surface area contributed by atoms with Gasteiger partial charge in [0.25, 0.3) is 0 Å². The third-order valence-corrected chi connectivity index (χ3v) is 4.20. The van der Waals surface area contributed by atoms with Gasteiger partial charge in [-0.2, -0.15) is 0 Å². The molecule has 2 rings (SSSR count). The quantitative estimate of drug-likeness (QED) is 0.761. The van der Waals surface area contributed by atoms with E-state index in [0.717, 1.165) is 18.9 Å². The summed E-state index contributed by atoms with van der Waals surface area (Å²) in [6.07, 6.45) is 7.74. The van der Waals surface area contributed by atoms with Crippen LogP contribution in [0.4, 0.5) is 4.79 Å². The molecule has 0 bridgehead atoms. The molecule has 1 amide bonds. The lowest BCUT2D eigenvalue weighted by Crippen LogP contribution is -2.52. The zero-order chi connectivity index (χ0) is 14.8. The van der Waals surface area contributed by atoms with Crippen molar-refractivity contribution in [3.8, 4) is 0 Å². The lowest BCUT2D eigenvalue weighted by Gasteiger charge is -2.41. The summed E-state index contributed by atoms with van der Waals surface area (Å²) in [5.41, 5.74) is -0.439. The molecule has 1 saturated carbocycles. The van der Waals surface area contributed by atoms with E-state index in [1.54, 1.807) is 0 Å². The minimum atomic E-state index is -0.439. The molecule has 0 aromatic heterocycles. The van der Waals surface area contributed by atoms with Gasteiger partial charge < -0.3 is 15.4 Å². The number of alkyl carbamates (subject to hydrolysis) is 1. The van der Waals surface area contributed by atoms with E-state index in [1.165, 1.54) is 12.8 Å². The Morgan fingerprint density at radius 3 is 2.80 bits per heavy atom. The van der Waals surface area contributed by atoms with Crippen LogP contribution in [0.1, 0.15) is 47.0 Å². The molecule has 0 aliphatic heterocycles. The number of nitrogens with one attached hydrogen (secondary N) is 2. The Morgan fingerprint density at radius 1 is 1.45 bits per heavy atom. The summed E-state index contributed by atoms with van der Waals surface area (Å²) in [5, 5.41) is 6.53. The number of allylic oxidation sites excluding steroid dienone is 1. The average Bonchev–Trinajstić information content (AvgIpc) is 2.67. The predicted molar refractivity (Wildman–Crippen MR) is 80.6 cm³/mol. The monoisotopic (exact) mass is 280 g/mol. The van der Waals surface area contributed by atoms with Crippen LogP contribution in [0.15, 0.2) is 12.2 Å². The Bertz CT molecular complexity index is 373. The van der Waals surface area contributed by atoms with E-state index in [0.29, 0.717) is 12.0 Å². The summed E-state index contributed by atoms with van der Waals surface area (Å²) < 4.78 is 5.30. The smallest absolute Gasteiger partial charge is 0.407 e. The zero-order valence-corrected chi connectivity index (χ0v) is 13.1. The SMILES string of the molecule is CCC(CNC1CC2CC=CC21)NC(=O)OC(C)(C)C. The second kappa shape index (κ2) is 6.17. The van der Waals surface area contributed by atoms with Crippen LogP contribution in [-0.4, -0.2) is 30.3 Å². The minimum absolute atomic E-state index is 0.134. The van der Waals surface area contributed by atoms with Gasteiger partial charge in [0.05, 0.1) is 0 Å². The second-order valence-corrected chi connectivity index (χ2v) is 7.00. The third kappa shape index (κ3) is 3.98.